The lowest BCUT2D eigenvalue weighted by Gasteiger charge is -2.16. The number of carbonyl (C=O) groups excluding carboxylic acids is 1. The van der Waals surface area contributed by atoms with Gasteiger partial charge in [0.2, 0.25) is 0 Å². The maximum absolute atomic E-state index is 12.7. The van der Waals surface area contributed by atoms with Gasteiger partial charge in [-0.3, -0.25) is 4.79 Å². The van der Waals surface area contributed by atoms with Crippen LogP contribution in [0.4, 0.5) is 0 Å². The maximum Gasteiger partial charge on any atom is 0.308 e. The zero-order valence-electron chi connectivity index (χ0n) is 22.9. The number of hydrogen-bond donors (Lipinski definition) is 2. The van der Waals surface area contributed by atoms with E-state index in [1.54, 1.807) is 0 Å². The molecule has 0 aromatic heterocycles. The minimum absolute atomic E-state index is 0.0800. The highest BCUT2D eigenvalue weighted by atomic mass is 16.5. The molecule has 0 spiro atoms. The van der Waals surface area contributed by atoms with E-state index in [-0.39, 0.29) is 11.9 Å². The molecule has 0 rings (SSSR count). The Bertz CT molecular complexity index is 390. The number of unbranched alkanes of at least 4 members (excludes halogenated alkanes) is 14. The Kier molecular flexibility index (Phi) is 27.1. The van der Waals surface area contributed by atoms with Gasteiger partial charge in [-0.25, -0.2) is 0 Å². The van der Waals surface area contributed by atoms with Crippen molar-refractivity contribution < 1.29 is 9.53 Å². The average Bonchev–Trinajstić information content (AvgIpc) is 2.82. The van der Waals surface area contributed by atoms with Gasteiger partial charge in [-0.05, 0) is 65.2 Å². The fourth-order valence-corrected chi connectivity index (χ4v) is 4.40. The summed E-state index contributed by atoms with van der Waals surface area (Å²) >= 11 is 0. The van der Waals surface area contributed by atoms with Crippen molar-refractivity contribution in [1.82, 2.24) is 10.6 Å². The van der Waals surface area contributed by atoms with Crippen LogP contribution in [0.25, 0.3) is 0 Å². The Morgan fingerprint density at radius 2 is 1.06 bits per heavy atom. The topological polar surface area (TPSA) is 50.4 Å². The minimum Gasteiger partial charge on any atom is -0.465 e. The van der Waals surface area contributed by atoms with Crippen molar-refractivity contribution in [1.29, 1.82) is 0 Å². The first-order valence-electron chi connectivity index (χ1n) is 14.8. The smallest absolute Gasteiger partial charge is 0.308 e. The summed E-state index contributed by atoms with van der Waals surface area (Å²) in [6, 6.07) is 0. The first-order valence-corrected chi connectivity index (χ1v) is 14.8. The number of ether oxygens (including phenoxy) is 1. The molecule has 0 aliphatic carbocycles. The van der Waals surface area contributed by atoms with Crippen LogP contribution in [0.1, 0.15) is 142 Å². The Labute approximate surface area is 207 Å². The van der Waals surface area contributed by atoms with E-state index in [1.165, 1.54) is 103 Å². The first-order chi connectivity index (χ1) is 16.3. The minimum atomic E-state index is 0.0800. The molecule has 0 bridgehead atoms. The molecule has 0 radical (unpaired) electrons. The quantitative estimate of drug-likeness (QED) is 0.0953. The molecule has 1 atom stereocenters. The third-order valence-corrected chi connectivity index (χ3v) is 6.67. The van der Waals surface area contributed by atoms with E-state index >= 15 is 0 Å². The van der Waals surface area contributed by atoms with Crippen molar-refractivity contribution in [2.24, 2.45) is 5.92 Å². The van der Waals surface area contributed by atoms with E-state index in [2.05, 4.69) is 24.5 Å². The predicted octanol–water partition coefficient (Wildman–Crippen LogP) is 7.80. The van der Waals surface area contributed by atoms with E-state index < -0.39 is 0 Å². The van der Waals surface area contributed by atoms with E-state index in [0.29, 0.717) is 6.61 Å². The molecule has 2 N–H and O–H groups in total. The van der Waals surface area contributed by atoms with Gasteiger partial charge < -0.3 is 15.4 Å². The molecule has 0 amide bonds. The van der Waals surface area contributed by atoms with Crippen LogP contribution in [-0.4, -0.2) is 39.3 Å². The lowest BCUT2D eigenvalue weighted by atomic mass is 9.94. The van der Waals surface area contributed by atoms with E-state index in [4.69, 9.17) is 4.74 Å². The second-order valence-corrected chi connectivity index (χ2v) is 9.95. The fraction of sp³-hybridized carbons (Fsp3) is 0.966. The van der Waals surface area contributed by atoms with Gasteiger partial charge in [0, 0.05) is 0 Å². The molecule has 4 nitrogen and oxygen atoms in total. The highest BCUT2D eigenvalue weighted by Gasteiger charge is 2.19. The Morgan fingerprint density at radius 1 is 0.606 bits per heavy atom. The van der Waals surface area contributed by atoms with Gasteiger partial charge in [0.05, 0.1) is 12.5 Å². The molecule has 33 heavy (non-hydrogen) atoms. The van der Waals surface area contributed by atoms with E-state index in [9.17, 15) is 4.79 Å². The molecule has 0 fully saturated rings. The third-order valence-electron chi connectivity index (χ3n) is 6.67. The highest BCUT2D eigenvalue weighted by Crippen LogP contribution is 2.20. The summed E-state index contributed by atoms with van der Waals surface area (Å²) < 4.78 is 5.70. The highest BCUT2D eigenvalue weighted by molar-refractivity contribution is 5.72. The number of hydrogen-bond acceptors (Lipinski definition) is 4. The lowest BCUT2D eigenvalue weighted by molar-refractivity contribution is -0.149. The van der Waals surface area contributed by atoms with Gasteiger partial charge in [-0.2, -0.15) is 0 Å². The van der Waals surface area contributed by atoms with Crippen molar-refractivity contribution in [2.75, 3.05) is 33.3 Å². The van der Waals surface area contributed by atoms with Crippen molar-refractivity contribution >= 4 is 5.97 Å². The summed E-state index contributed by atoms with van der Waals surface area (Å²) in [5, 5.41) is 6.77. The summed E-state index contributed by atoms with van der Waals surface area (Å²) in [5.41, 5.74) is 0. The van der Waals surface area contributed by atoms with Crippen molar-refractivity contribution in [3.8, 4) is 0 Å². The van der Waals surface area contributed by atoms with Gasteiger partial charge in [0.25, 0.3) is 0 Å². The molecular weight excluding hydrogens is 408 g/mol. The Morgan fingerprint density at radius 3 is 1.64 bits per heavy atom. The van der Waals surface area contributed by atoms with Crippen molar-refractivity contribution in [2.45, 2.75) is 142 Å². The van der Waals surface area contributed by atoms with Crippen LogP contribution in [-0.2, 0) is 9.53 Å². The average molecular weight is 469 g/mol. The molecule has 1 unspecified atom stereocenters. The van der Waals surface area contributed by atoms with Crippen LogP contribution >= 0.6 is 0 Å². The van der Waals surface area contributed by atoms with Gasteiger partial charge in [0.15, 0.2) is 0 Å². The van der Waals surface area contributed by atoms with Crippen molar-refractivity contribution in [3.63, 3.8) is 0 Å². The molecule has 0 saturated heterocycles. The van der Waals surface area contributed by atoms with Crippen LogP contribution in [0, 0.1) is 5.92 Å². The number of nitrogens with one attached hydrogen (secondary N) is 2. The Balaban J connectivity index is 3.74. The van der Waals surface area contributed by atoms with Crippen LogP contribution in [0.5, 0.6) is 0 Å². The molecular formula is C29H60N2O2. The van der Waals surface area contributed by atoms with Gasteiger partial charge in [0.1, 0.15) is 0 Å². The summed E-state index contributed by atoms with van der Waals surface area (Å²) in [7, 11) is 2.02. The molecule has 0 aromatic carbocycles. The molecule has 4 heteroatoms. The summed E-state index contributed by atoms with van der Waals surface area (Å²) in [4.78, 5) is 12.7. The van der Waals surface area contributed by atoms with E-state index in [0.717, 1.165) is 45.3 Å². The summed E-state index contributed by atoms with van der Waals surface area (Å²) in [5.74, 6) is 0.215. The number of esters is 1. The van der Waals surface area contributed by atoms with E-state index in [1.807, 2.05) is 7.05 Å². The number of rotatable bonds is 27. The third kappa shape index (κ3) is 24.3. The zero-order chi connectivity index (χ0) is 24.2. The molecule has 198 valence electrons. The van der Waals surface area contributed by atoms with Crippen molar-refractivity contribution in [3.05, 3.63) is 0 Å². The molecule has 0 aliphatic heterocycles. The normalized spacial score (nSPS) is 12.2. The summed E-state index contributed by atoms with van der Waals surface area (Å²) in [6.45, 7) is 8.52. The molecule has 0 aromatic rings. The molecule has 0 aliphatic rings. The lowest BCUT2D eigenvalue weighted by Crippen LogP contribution is -2.19. The zero-order valence-corrected chi connectivity index (χ0v) is 22.9. The maximum atomic E-state index is 12.7. The van der Waals surface area contributed by atoms with Crippen LogP contribution in [0.2, 0.25) is 0 Å². The van der Waals surface area contributed by atoms with Gasteiger partial charge in [-0.15, -0.1) is 0 Å². The monoisotopic (exact) mass is 468 g/mol. The largest absolute Gasteiger partial charge is 0.465 e. The van der Waals surface area contributed by atoms with Crippen LogP contribution in [0.3, 0.4) is 0 Å². The standard InChI is InChI=1S/C29H60N2O2/c1-4-6-8-10-11-17-23-28(22-16-9-7-5-2)29(32)33-27-21-15-14-20-26-31-25-19-13-12-18-24-30-3/h28,30-31H,4-27H2,1-3H3. The molecule has 0 heterocycles. The second-order valence-electron chi connectivity index (χ2n) is 9.95. The van der Waals surface area contributed by atoms with Crippen LogP contribution < -0.4 is 10.6 Å². The fourth-order valence-electron chi connectivity index (χ4n) is 4.40. The van der Waals surface area contributed by atoms with Gasteiger partial charge in [-0.1, -0.05) is 104 Å². The summed E-state index contributed by atoms with van der Waals surface area (Å²) in [6.07, 6.45) is 24.6. The Hall–Kier alpha value is -0.610. The first kappa shape index (κ1) is 32.4. The predicted molar refractivity (Wildman–Crippen MR) is 145 cm³/mol. The van der Waals surface area contributed by atoms with Gasteiger partial charge >= 0.3 is 5.97 Å². The van der Waals surface area contributed by atoms with Crippen LogP contribution in [0.15, 0.2) is 0 Å². The second kappa shape index (κ2) is 27.6. The molecule has 0 saturated carbocycles. The SMILES string of the molecule is CCCCCCCCC(CCCCCC)C(=O)OCCCCCCNCCCCCCNC. The number of carbonyl (C=O) groups is 1.